The number of halogens is 1. The molecule has 2 heterocycles. The Morgan fingerprint density at radius 2 is 1.88 bits per heavy atom. The molecule has 0 unspecified atom stereocenters. The maximum Gasteiger partial charge on any atom is 0.227 e. The fourth-order valence-corrected chi connectivity index (χ4v) is 4.22. The molecule has 1 fully saturated rings. The highest BCUT2D eigenvalue weighted by molar-refractivity contribution is 6.30. The van der Waals surface area contributed by atoms with Gasteiger partial charge >= 0.3 is 0 Å². The number of hydrogen-bond acceptors (Lipinski definition) is 5. The number of ether oxygens (including phenoxy) is 1. The first kappa shape index (κ1) is 23.8. The molecule has 1 aliphatic rings. The molecule has 8 heteroatoms. The van der Waals surface area contributed by atoms with Crippen LogP contribution >= 0.6 is 11.6 Å². The lowest BCUT2D eigenvalue weighted by atomic mass is 10.0. The number of aromatic nitrogens is 1. The minimum Gasteiger partial charge on any atom is -0.496 e. The molecule has 0 atom stereocenters. The van der Waals surface area contributed by atoms with Crippen molar-refractivity contribution in [3.63, 3.8) is 0 Å². The number of rotatable bonds is 8. The standard InChI is InChI=1S/C26H28ClN3O4/c1-33-22-5-3-2-4-19(22)16-26(32)30-14-12-21(13-15-30)29-24(31)10-11-25-28-17-23(34-25)18-6-8-20(27)9-7-18/h2-9,17,21H,10-16H2,1H3,(H,29,31). The number of benzene rings is 2. The smallest absolute Gasteiger partial charge is 0.227 e. The molecule has 0 aliphatic carbocycles. The molecule has 4 rings (SSSR count). The summed E-state index contributed by atoms with van der Waals surface area (Å²) in [5.74, 6) is 1.94. The number of methoxy groups -OCH3 is 1. The average Bonchev–Trinajstić information content (AvgIpc) is 3.33. The Bertz CT molecular complexity index is 1120. The maximum absolute atomic E-state index is 12.7. The van der Waals surface area contributed by atoms with Crippen LogP contribution in [0.25, 0.3) is 11.3 Å². The van der Waals surface area contributed by atoms with E-state index in [0.29, 0.717) is 49.0 Å². The summed E-state index contributed by atoms with van der Waals surface area (Å²) in [6.45, 7) is 1.26. The molecule has 34 heavy (non-hydrogen) atoms. The molecular weight excluding hydrogens is 454 g/mol. The zero-order valence-corrected chi connectivity index (χ0v) is 19.9. The first-order valence-electron chi connectivity index (χ1n) is 11.4. The van der Waals surface area contributed by atoms with Gasteiger partial charge in [0, 0.05) is 48.1 Å². The Hall–Kier alpha value is -3.32. The van der Waals surface area contributed by atoms with Gasteiger partial charge < -0.3 is 19.4 Å². The normalized spacial score (nSPS) is 14.1. The lowest BCUT2D eigenvalue weighted by Crippen LogP contribution is -2.47. The van der Waals surface area contributed by atoms with E-state index in [2.05, 4.69) is 10.3 Å². The van der Waals surface area contributed by atoms with Crippen molar-refractivity contribution in [3.8, 4) is 17.1 Å². The van der Waals surface area contributed by atoms with Crippen molar-refractivity contribution in [2.45, 2.75) is 38.1 Å². The predicted octanol–water partition coefficient (Wildman–Crippen LogP) is 4.29. The predicted molar refractivity (Wildman–Crippen MR) is 130 cm³/mol. The van der Waals surface area contributed by atoms with Crippen LogP contribution in [0.3, 0.4) is 0 Å². The molecule has 1 aliphatic heterocycles. The number of likely N-dealkylation sites (tertiary alicyclic amines) is 1. The van der Waals surface area contributed by atoms with Crippen LogP contribution in [0.2, 0.25) is 5.02 Å². The number of oxazole rings is 1. The first-order valence-corrected chi connectivity index (χ1v) is 11.8. The summed E-state index contributed by atoms with van der Waals surface area (Å²) in [5, 5.41) is 3.74. The van der Waals surface area contributed by atoms with Crippen LogP contribution < -0.4 is 10.1 Å². The number of piperidine rings is 1. The minimum atomic E-state index is -0.0370. The Morgan fingerprint density at radius 1 is 1.15 bits per heavy atom. The fourth-order valence-electron chi connectivity index (χ4n) is 4.09. The number of hydrogen-bond donors (Lipinski definition) is 1. The van der Waals surface area contributed by atoms with E-state index < -0.39 is 0 Å². The number of para-hydroxylation sites is 1. The van der Waals surface area contributed by atoms with E-state index in [0.717, 1.165) is 29.7 Å². The van der Waals surface area contributed by atoms with Crippen LogP contribution in [-0.4, -0.2) is 47.9 Å². The summed E-state index contributed by atoms with van der Waals surface area (Å²) >= 11 is 5.92. The van der Waals surface area contributed by atoms with Crippen molar-refractivity contribution in [1.29, 1.82) is 0 Å². The quantitative estimate of drug-likeness (QED) is 0.519. The Kier molecular flexibility index (Phi) is 7.85. The molecule has 0 saturated carbocycles. The van der Waals surface area contributed by atoms with Crippen molar-refractivity contribution >= 4 is 23.4 Å². The highest BCUT2D eigenvalue weighted by Crippen LogP contribution is 2.23. The minimum absolute atomic E-state index is 0.0370. The van der Waals surface area contributed by atoms with Gasteiger partial charge in [-0.2, -0.15) is 0 Å². The third-order valence-electron chi connectivity index (χ3n) is 6.00. The second kappa shape index (κ2) is 11.2. The molecule has 0 radical (unpaired) electrons. The Morgan fingerprint density at radius 3 is 2.62 bits per heavy atom. The van der Waals surface area contributed by atoms with Crippen molar-refractivity contribution in [2.75, 3.05) is 20.2 Å². The van der Waals surface area contributed by atoms with Crippen LogP contribution in [0, 0.1) is 0 Å². The van der Waals surface area contributed by atoms with Crippen LogP contribution in [0.1, 0.15) is 30.7 Å². The highest BCUT2D eigenvalue weighted by Gasteiger charge is 2.24. The molecule has 2 amide bonds. The number of aryl methyl sites for hydroxylation is 1. The molecule has 0 bridgehead atoms. The number of carbonyl (C=O) groups is 2. The molecule has 0 spiro atoms. The van der Waals surface area contributed by atoms with E-state index in [4.69, 9.17) is 20.8 Å². The Balaban J connectivity index is 1.20. The monoisotopic (exact) mass is 481 g/mol. The van der Waals surface area contributed by atoms with Crippen LogP contribution in [-0.2, 0) is 22.4 Å². The lowest BCUT2D eigenvalue weighted by Gasteiger charge is -2.32. The fraction of sp³-hybridized carbons (Fsp3) is 0.346. The van der Waals surface area contributed by atoms with E-state index in [9.17, 15) is 9.59 Å². The van der Waals surface area contributed by atoms with Crippen LogP contribution in [0.15, 0.2) is 59.1 Å². The van der Waals surface area contributed by atoms with E-state index >= 15 is 0 Å². The number of nitrogens with zero attached hydrogens (tertiary/aromatic N) is 2. The topological polar surface area (TPSA) is 84.7 Å². The van der Waals surface area contributed by atoms with Gasteiger partial charge in [-0.1, -0.05) is 29.8 Å². The third-order valence-corrected chi connectivity index (χ3v) is 6.25. The average molecular weight is 482 g/mol. The largest absolute Gasteiger partial charge is 0.496 e. The van der Waals surface area contributed by atoms with Gasteiger partial charge in [0.05, 0.1) is 19.7 Å². The third kappa shape index (κ3) is 6.17. The van der Waals surface area contributed by atoms with Gasteiger partial charge in [-0.15, -0.1) is 0 Å². The first-order chi connectivity index (χ1) is 16.5. The van der Waals surface area contributed by atoms with E-state index in [1.807, 2.05) is 41.3 Å². The molecule has 3 aromatic rings. The molecule has 1 saturated heterocycles. The van der Waals surface area contributed by atoms with Gasteiger partial charge in [0.1, 0.15) is 5.75 Å². The van der Waals surface area contributed by atoms with Crippen LogP contribution in [0.4, 0.5) is 0 Å². The molecule has 7 nitrogen and oxygen atoms in total. The summed E-state index contributed by atoms with van der Waals surface area (Å²) < 4.78 is 11.1. The van der Waals surface area contributed by atoms with Crippen LogP contribution in [0.5, 0.6) is 5.75 Å². The summed E-state index contributed by atoms with van der Waals surface area (Å²) in [7, 11) is 1.61. The number of nitrogens with one attached hydrogen (secondary N) is 1. The second-order valence-corrected chi connectivity index (χ2v) is 8.77. The highest BCUT2D eigenvalue weighted by atomic mass is 35.5. The van der Waals surface area contributed by atoms with Crippen molar-refractivity contribution in [1.82, 2.24) is 15.2 Å². The van der Waals surface area contributed by atoms with Gasteiger partial charge in [-0.3, -0.25) is 9.59 Å². The SMILES string of the molecule is COc1ccccc1CC(=O)N1CCC(NC(=O)CCc2ncc(-c3ccc(Cl)cc3)o2)CC1. The number of amides is 2. The summed E-state index contributed by atoms with van der Waals surface area (Å²) in [4.78, 5) is 31.3. The molecule has 1 aromatic heterocycles. The van der Waals surface area contributed by atoms with E-state index in [-0.39, 0.29) is 17.9 Å². The molecule has 178 valence electrons. The summed E-state index contributed by atoms with van der Waals surface area (Å²) in [6.07, 6.45) is 4.18. The lowest BCUT2D eigenvalue weighted by molar-refractivity contribution is -0.131. The zero-order chi connectivity index (χ0) is 23.9. The van der Waals surface area contributed by atoms with Crippen molar-refractivity contribution in [3.05, 3.63) is 71.2 Å². The molecular formula is C26H28ClN3O4. The van der Waals surface area contributed by atoms with E-state index in [1.165, 1.54) is 0 Å². The van der Waals surface area contributed by atoms with Crippen molar-refractivity contribution in [2.24, 2.45) is 0 Å². The van der Waals surface area contributed by atoms with E-state index in [1.54, 1.807) is 25.4 Å². The summed E-state index contributed by atoms with van der Waals surface area (Å²) in [6, 6.07) is 15.0. The zero-order valence-electron chi connectivity index (χ0n) is 19.1. The maximum atomic E-state index is 12.7. The van der Waals surface area contributed by atoms with Gasteiger partial charge in [0.25, 0.3) is 0 Å². The Labute approximate surface area is 204 Å². The van der Waals surface area contributed by atoms with Crippen molar-refractivity contribution < 1.29 is 18.7 Å². The molecule has 2 aromatic carbocycles. The molecule has 1 N–H and O–H groups in total. The van der Waals surface area contributed by atoms with Gasteiger partial charge in [0.2, 0.25) is 11.8 Å². The summed E-state index contributed by atoms with van der Waals surface area (Å²) in [5.41, 5.74) is 1.77. The second-order valence-electron chi connectivity index (χ2n) is 8.34. The van der Waals surface area contributed by atoms with Gasteiger partial charge in [0.15, 0.2) is 11.7 Å². The van der Waals surface area contributed by atoms with Gasteiger partial charge in [-0.05, 0) is 43.2 Å². The van der Waals surface area contributed by atoms with Gasteiger partial charge in [-0.25, -0.2) is 4.98 Å². The number of carbonyl (C=O) groups excluding carboxylic acids is 2.